The quantitative estimate of drug-likeness (QED) is 0.575. The number of benzene rings is 2. The minimum Gasteiger partial charge on any atom is -0.456 e. The summed E-state index contributed by atoms with van der Waals surface area (Å²) >= 11 is 0. The van der Waals surface area contributed by atoms with E-state index in [4.69, 9.17) is 4.74 Å². The fraction of sp³-hybridized carbons (Fsp3) is 0.333. The minimum absolute atomic E-state index is 0.0300. The predicted octanol–water partition coefficient (Wildman–Crippen LogP) is 2.96. The normalized spacial score (nSPS) is 13.7. The van der Waals surface area contributed by atoms with Gasteiger partial charge in [0.05, 0.1) is 23.7 Å². The van der Waals surface area contributed by atoms with Crippen LogP contribution >= 0.6 is 0 Å². The summed E-state index contributed by atoms with van der Waals surface area (Å²) in [4.78, 5) is 43.1. The lowest BCUT2D eigenvalue weighted by Crippen LogP contribution is -2.29. The summed E-state index contributed by atoms with van der Waals surface area (Å²) in [6.07, 6.45) is 5.07. The van der Waals surface area contributed by atoms with Crippen molar-refractivity contribution in [2.45, 2.75) is 32.2 Å². The predicted molar refractivity (Wildman–Crippen MR) is 123 cm³/mol. The number of piperidine rings is 1. The van der Waals surface area contributed by atoms with Crippen molar-refractivity contribution in [2.75, 3.05) is 29.9 Å². The van der Waals surface area contributed by atoms with Gasteiger partial charge in [-0.05, 0) is 55.7 Å². The standard InChI is InChI=1S/C24H26N4O4/c29-22(26-18-8-10-19(11-9-18)27-13-4-1-5-14-27)16-32-23(30)12-15-28-17-25-21-7-3-2-6-20(21)24(28)31/h2-3,6-11,17H,1,4-5,12-16H2,(H,26,29). The van der Waals surface area contributed by atoms with Gasteiger partial charge in [0.15, 0.2) is 6.61 Å². The molecule has 0 aliphatic carbocycles. The second-order valence-electron chi connectivity index (χ2n) is 7.81. The molecule has 2 heterocycles. The first kappa shape index (κ1) is 21.5. The van der Waals surface area contributed by atoms with E-state index in [1.165, 1.54) is 30.2 Å². The molecule has 1 saturated heterocycles. The molecule has 1 amide bonds. The van der Waals surface area contributed by atoms with Crippen LogP contribution in [0.15, 0.2) is 59.7 Å². The van der Waals surface area contributed by atoms with E-state index in [-0.39, 0.29) is 25.1 Å². The number of nitrogens with zero attached hydrogens (tertiary/aromatic N) is 3. The summed E-state index contributed by atoms with van der Waals surface area (Å²) in [7, 11) is 0. The van der Waals surface area contributed by atoms with Crippen LogP contribution in [0.5, 0.6) is 0 Å². The molecule has 1 fully saturated rings. The van der Waals surface area contributed by atoms with Gasteiger partial charge in [-0.25, -0.2) is 4.98 Å². The van der Waals surface area contributed by atoms with Crippen LogP contribution in [0.2, 0.25) is 0 Å². The van der Waals surface area contributed by atoms with Gasteiger partial charge in [-0.1, -0.05) is 12.1 Å². The van der Waals surface area contributed by atoms with E-state index in [0.717, 1.165) is 18.8 Å². The van der Waals surface area contributed by atoms with E-state index in [2.05, 4.69) is 15.2 Å². The Labute approximate surface area is 185 Å². The van der Waals surface area contributed by atoms with E-state index >= 15 is 0 Å². The monoisotopic (exact) mass is 434 g/mol. The van der Waals surface area contributed by atoms with Crippen molar-refractivity contribution >= 4 is 34.2 Å². The van der Waals surface area contributed by atoms with Gasteiger partial charge in [0.1, 0.15) is 0 Å². The average Bonchev–Trinajstić information content (AvgIpc) is 2.83. The number of aromatic nitrogens is 2. The Kier molecular flexibility index (Phi) is 6.79. The molecular weight excluding hydrogens is 408 g/mol. The number of amides is 1. The molecule has 32 heavy (non-hydrogen) atoms. The van der Waals surface area contributed by atoms with Crippen molar-refractivity contribution in [3.63, 3.8) is 0 Å². The molecule has 1 aliphatic rings. The van der Waals surface area contributed by atoms with Crippen LogP contribution in [0.25, 0.3) is 10.9 Å². The van der Waals surface area contributed by atoms with Gasteiger partial charge in [0, 0.05) is 31.0 Å². The Morgan fingerprint density at radius 2 is 1.75 bits per heavy atom. The maximum Gasteiger partial charge on any atom is 0.308 e. The van der Waals surface area contributed by atoms with Crippen molar-refractivity contribution in [3.8, 4) is 0 Å². The summed E-state index contributed by atoms with van der Waals surface area (Å²) in [6.45, 7) is 1.87. The van der Waals surface area contributed by atoms with Crippen molar-refractivity contribution in [2.24, 2.45) is 0 Å². The molecule has 0 spiro atoms. The molecule has 3 aromatic rings. The lowest BCUT2D eigenvalue weighted by Gasteiger charge is -2.28. The second-order valence-corrected chi connectivity index (χ2v) is 7.81. The lowest BCUT2D eigenvalue weighted by atomic mass is 10.1. The molecule has 0 saturated carbocycles. The maximum absolute atomic E-state index is 12.4. The second kappa shape index (κ2) is 10.1. The number of para-hydroxylation sites is 1. The topological polar surface area (TPSA) is 93.5 Å². The Morgan fingerprint density at radius 1 is 1.00 bits per heavy atom. The van der Waals surface area contributed by atoms with Crippen molar-refractivity contribution < 1.29 is 14.3 Å². The fourth-order valence-corrected chi connectivity index (χ4v) is 3.80. The molecule has 0 bridgehead atoms. The van der Waals surface area contributed by atoms with Crippen LogP contribution < -0.4 is 15.8 Å². The van der Waals surface area contributed by atoms with Crippen molar-refractivity contribution in [1.82, 2.24) is 9.55 Å². The average molecular weight is 434 g/mol. The molecule has 0 atom stereocenters. The van der Waals surface area contributed by atoms with Crippen LogP contribution in [0.3, 0.4) is 0 Å². The number of fused-ring (bicyclic) bond motifs is 1. The van der Waals surface area contributed by atoms with Crippen LogP contribution in [-0.4, -0.2) is 41.1 Å². The van der Waals surface area contributed by atoms with Gasteiger partial charge in [0.2, 0.25) is 0 Å². The molecule has 166 valence electrons. The van der Waals surface area contributed by atoms with E-state index in [1.807, 2.05) is 30.3 Å². The van der Waals surface area contributed by atoms with Crippen molar-refractivity contribution in [3.05, 3.63) is 65.2 Å². The Balaban J connectivity index is 1.23. The molecule has 4 rings (SSSR count). The van der Waals surface area contributed by atoms with Gasteiger partial charge < -0.3 is 15.0 Å². The number of aryl methyl sites for hydroxylation is 1. The van der Waals surface area contributed by atoms with Crippen LogP contribution in [0, 0.1) is 0 Å². The van der Waals surface area contributed by atoms with E-state index < -0.39 is 11.9 Å². The maximum atomic E-state index is 12.4. The molecule has 0 unspecified atom stereocenters. The number of ether oxygens (including phenoxy) is 1. The van der Waals surface area contributed by atoms with Gasteiger partial charge in [-0.15, -0.1) is 0 Å². The first-order valence-corrected chi connectivity index (χ1v) is 10.8. The number of hydrogen-bond donors (Lipinski definition) is 1. The van der Waals surface area contributed by atoms with Crippen LogP contribution in [0.4, 0.5) is 11.4 Å². The molecular formula is C24H26N4O4. The molecule has 8 heteroatoms. The summed E-state index contributed by atoms with van der Waals surface area (Å²) < 4.78 is 6.42. The highest BCUT2D eigenvalue weighted by molar-refractivity contribution is 5.93. The Bertz CT molecular complexity index is 1150. The zero-order chi connectivity index (χ0) is 22.3. The Hall–Kier alpha value is -3.68. The van der Waals surface area contributed by atoms with Crippen LogP contribution in [-0.2, 0) is 20.9 Å². The summed E-state index contributed by atoms with van der Waals surface area (Å²) in [5.74, 6) is -0.964. The van der Waals surface area contributed by atoms with E-state index in [9.17, 15) is 14.4 Å². The highest BCUT2D eigenvalue weighted by Gasteiger charge is 2.12. The third-order valence-electron chi connectivity index (χ3n) is 5.52. The molecule has 1 aromatic heterocycles. The molecule has 2 aromatic carbocycles. The number of carbonyl (C=O) groups is 2. The third kappa shape index (κ3) is 5.32. The molecule has 1 N–H and O–H groups in total. The zero-order valence-electron chi connectivity index (χ0n) is 17.8. The highest BCUT2D eigenvalue weighted by Crippen LogP contribution is 2.21. The van der Waals surface area contributed by atoms with E-state index in [0.29, 0.717) is 16.6 Å². The molecule has 1 aliphatic heterocycles. The van der Waals surface area contributed by atoms with E-state index in [1.54, 1.807) is 18.2 Å². The smallest absolute Gasteiger partial charge is 0.308 e. The molecule has 0 radical (unpaired) electrons. The highest BCUT2D eigenvalue weighted by atomic mass is 16.5. The summed E-state index contributed by atoms with van der Waals surface area (Å²) in [5, 5.41) is 3.23. The van der Waals surface area contributed by atoms with Gasteiger partial charge in [0.25, 0.3) is 11.5 Å². The molecule has 8 nitrogen and oxygen atoms in total. The number of nitrogens with one attached hydrogen (secondary N) is 1. The first-order chi connectivity index (χ1) is 15.6. The van der Waals surface area contributed by atoms with Crippen molar-refractivity contribution in [1.29, 1.82) is 0 Å². The van der Waals surface area contributed by atoms with Gasteiger partial charge in [-0.2, -0.15) is 0 Å². The van der Waals surface area contributed by atoms with Crippen LogP contribution in [0.1, 0.15) is 25.7 Å². The Morgan fingerprint density at radius 3 is 2.53 bits per heavy atom. The number of esters is 1. The SMILES string of the molecule is O=C(COC(=O)CCn1cnc2ccccc2c1=O)Nc1ccc(N2CCCCC2)cc1. The van der Waals surface area contributed by atoms with Gasteiger partial charge >= 0.3 is 5.97 Å². The van der Waals surface area contributed by atoms with Gasteiger partial charge in [-0.3, -0.25) is 19.0 Å². The number of carbonyl (C=O) groups excluding carboxylic acids is 2. The third-order valence-corrected chi connectivity index (χ3v) is 5.52. The zero-order valence-corrected chi connectivity index (χ0v) is 17.8. The fourth-order valence-electron chi connectivity index (χ4n) is 3.80. The lowest BCUT2D eigenvalue weighted by molar-refractivity contribution is -0.147. The summed E-state index contributed by atoms with van der Waals surface area (Å²) in [5.41, 5.74) is 2.19. The number of hydrogen-bond acceptors (Lipinski definition) is 6. The number of rotatable bonds is 7. The minimum atomic E-state index is -0.555. The summed E-state index contributed by atoms with van der Waals surface area (Å²) in [6, 6.07) is 14.7. The number of anilines is 2. The largest absolute Gasteiger partial charge is 0.456 e. The first-order valence-electron chi connectivity index (χ1n) is 10.8.